The summed E-state index contributed by atoms with van der Waals surface area (Å²) in [5.74, 6) is 0.177. The van der Waals surface area contributed by atoms with Gasteiger partial charge in [0.25, 0.3) is 0 Å². The van der Waals surface area contributed by atoms with Gasteiger partial charge in [-0.1, -0.05) is 39.3 Å². The van der Waals surface area contributed by atoms with Crippen LogP contribution in [0, 0.1) is 22.2 Å². The zero-order valence-corrected chi connectivity index (χ0v) is 14.1. The Labute approximate surface area is 137 Å². The molecule has 1 aromatic rings. The molecule has 22 heavy (non-hydrogen) atoms. The van der Waals surface area contributed by atoms with Gasteiger partial charge in [-0.25, -0.2) is 4.98 Å². The van der Waals surface area contributed by atoms with Gasteiger partial charge in [0.2, 0.25) is 5.91 Å². The molecule has 1 N–H and O–H groups in total. The molecule has 1 saturated carbocycles. The predicted molar refractivity (Wildman–Crippen MR) is 83.5 cm³/mol. The van der Waals surface area contributed by atoms with Gasteiger partial charge in [0, 0.05) is 29.9 Å². The summed E-state index contributed by atoms with van der Waals surface area (Å²) in [6, 6.07) is 3.20. The highest BCUT2D eigenvalue weighted by molar-refractivity contribution is 6.31. The molecule has 1 fully saturated rings. The summed E-state index contributed by atoms with van der Waals surface area (Å²) in [5.41, 5.74) is -0.660. The second-order valence-electron chi connectivity index (χ2n) is 6.80. The number of hydrogen-bond acceptors (Lipinski definition) is 4. The molecular formula is C16H20ClN3O2. The number of aromatic nitrogens is 1. The third-order valence-corrected chi connectivity index (χ3v) is 4.54. The molecule has 0 aliphatic heterocycles. The summed E-state index contributed by atoms with van der Waals surface area (Å²) in [7, 11) is 0. The minimum Gasteiger partial charge on any atom is -0.487 e. The van der Waals surface area contributed by atoms with Crippen LogP contribution in [0.4, 0.5) is 0 Å². The SMILES string of the molecule is [2H]N(C(C)=O)C1C(C)(C)C(Oc2cnc(C#N)c(Cl)c2)C1(C)C. The van der Waals surface area contributed by atoms with Gasteiger partial charge in [0.05, 0.1) is 11.2 Å². The molecule has 1 amide bonds. The molecular weight excluding hydrogens is 302 g/mol. The predicted octanol–water partition coefficient (Wildman–Crippen LogP) is 2.92. The first kappa shape index (κ1) is 15.1. The third-order valence-electron chi connectivity index (χ3n) is 4.25. The van der Waals surface area contributed by atoms with Crippen molar-refractivity contribution in [3.8, 4) is 11.8 Å². The summed E-state index contributed by atoms with van der Waals surface area (Å²) in [6.07, 6.45) is 1.24. The minimum absolute atomic E-state index is 0.151. The molecule has 1 heterocycles. The molecule has 6 heteroatoms. The maximum Gasteiger partial charge on any atom is 0.217 e. The summed E-state index contributed by atoms with van der Waals surface area (Å²) in [5, 5.41) is 10.1. The van der Waals surface area contributed by atoms with Gasteiger partial charge >= 0.3 is 0 Å². The number of halogens is 1. The molecule has 0 bridgehead atoms. The molecule has 0 unspecified atom stereocenters. The molecule has 1 aliphatic rings. The largest absolute Gasteiger partial charge is 0.487 e. The Hall–Kier alpha value is -1.80. The van der Waals surface area contributed by atoms with Gasteiger partial charge in [-0.2, -0.15) is 5.26 Å². The van der Waals surface area contributed by atoms with E-state index < -0.39 is 10.8 Å². The Morgan fingerprint density at radius 3 is 2.55 bits per heavy atom. The van der Waals surface area contributed by atoms with Crippen LogP contribution in [-0.4, -0.2) is 23.0 Å². The standard InChI is InChI=1S/C16H20ClN3O2/c1-9(21)20-13-15(2,3)14(16(13,4)5)22-10-6-11(17)12(7-18)19-8-10/h6,8,13-14H,1-5H3,(H,20,21)/i/hD. The number of pyridine rings is 1. The van der Waals surface area contributed by atoms with Crippen LogP contribution < -0.4 is 10.0 Å². The molecule has 0 saturated heterocycles. The molecule has 0 spiro atoms. The average molecular weight is 323 g/mol. The van der Waals surface area contributed by atoms with E-state index in [0.717, 1.165) is 5.31 Å². The Morgan fingerprint density at radius 1 is 1.50 bits per heavy atom. The molecule has 0 aromatic carbocycles. The lowest BCUT2D eigenvalue weighted by atomic mass is 9.49. The monoisotopic (exact) mass is 322 g/mol. The maximum atomic E-state index is 11.6. The molecule has 1 aromatic heterocycles. The van der Waals surface area contributed by atoms with Crippen molar-refractivity contribution in [3.63, 3.8) is 0 Å². The number of hydrogen-bond donors (Lipinski definition) is 1. The van der Waals surface area contributed by atoms with Crippen LogP contribution in [0.5, 0.6) is 5.75 Å². The van der Waals surface area contributed by atoms with Crippen molar-refractivity contribution in [2.45, 2.75) is 46.8 Å². The number of nitriles is 1. The topological polar surface area (TPSA) is 75.0 Å². The normalized spacial score (nSPS) is 25.4. The smallest absolute Gasteiger partial charge is 0.217 e. The van der Waals surface area contributed by atoms with Crippen molar-refractivity contribution in [2.75, 3.05) is 0 Å². The lowest BCUT2D eigenvalue weighted by molar-refractivity contribution is -0.172. The fraction of sp³-hybridized carbons (Fsp3) is 0.562. The fourth-order valence-electron chi connectivity index (χ4n) is 3.63. The molecule has 118 valence electrons. The number of carbonyl (C=O) groups is 1. The Morgan fingerprint density at radius 2 is 2.09 bits per heavy atom. The highest BCUT2D eigenvalue weighted by Crippen LogP contribution is 2.55. The van der Waals surface area contributed by atoms with E-state index in [4.69, 9.17) is 23.0 Å². The zero-order valence-electron chi connectivity index (χ0n) is 14.3. The van der Waals surface area contributed by atoms with E-state index in [2.05, 4.69) is 4.98 Å². The summed E-state index contributed by atoms with van der Waals surface area (Å²) >= 11 is 5.99. The lowest BCUT2D eigenvalue weighted by Crippen LogP contribution is -2.74. The van der Waals surface area contributed by atoms with Crippen LogP contribution in [-0.2, 0) is 4.79 Å². The number of nitrogens with zero attached hydrogens (tertiary/aromatic N) is 2. The number of ether oxygens (including phenoxy) is 1. The number of rotatable bonds is 3. The van der Waals surface area contributed by atoms with E-state index in [9.17, 15) is 4.79 Å². The Kier molecular flexibility index (Phi) is 3.73. The van der Waals surface area contributed by atoms with E-state index in [-0.39, 0.29) is 28.8 Å². The highest BCUT2D eigenvalue weighted by Gasteiger charge is 2.64. The van der Waals surface area contributed by atoms with Gasteiger partial charge in [-0.15, -0.1) is 0 Å². The van der Waals surface area contributed by atoms with Crippen LogP contribution in [0.2, 0.25) is 6.43 Å². The van der Waals surface area contributed by atoms with Gasteiger partial charge in [0.15, 0.2) is 7.11 Å². The van der Waals surface area contributed by atoms with E-state index in [1.807, 2.05) is 33.8 Å². The van der Waals surface area contributed by atoms with Crippen molar-refractivity contribution in [1.82, 2.24) is 10.3 Å². The number of amides is 1. The van der Waals surface area contributed by atoms with E-state index >= 15 is 0 Å². The summed E-state index contributed by atoms with van der Waals surface area (Å²) < 4.78 is 14.1. The molecule has 5 nitrogen and oxygen atoms in total. The lowest BCUT2D eigenvalue weighted by Gasteiger charge is -2.63. The van der Waals surface area contributed by atoms with E-state index in [1.165, 1.54) is 13.1 Å². The molecule has 0 radical (unpaired) electrons. The van der Waals surface area contributed by atoms with Gasteiger partial charge in [-0.05, 0) is 0 Å². The van der Waals surface area contributed by atoms with Gasteiger partial charge in [-0.3, -0.25) is 4.79 Å². The summed E-state index contributed by atoms with van der Waals surface area (Å²) in [4.78, 5) is 15.5. The van der Waals surface area contributed by atoms with Crippen LogP contribution in [0.15, 0.2) is 12.3 Å². The van der Waals surface area contributed by atoms with Gasteiger partial charge < -0.3 is 10.0 Å². The van der Waals surface area contributed by atoms with E-state index in [1.54, 1.807) is 6.07 Å². The molecule has 0 atom stereocenters. The average Bonchev–Trinajstić information content (AvgIpc) is 2.43. The second-order valence-corrected chi connectivity index (χ2v) is 7.21. The zero-order chi connectivity index (χ0) is 17.6. The van der Waals surface area contributed by atoms with Crippen molar-refractivity contribution >= 4 is 17.5 Å². The molecule has 1 aliphatic carbocycles. The first-order valence-electron chi connectivity index (χ1n) is 7.49. The Bertz CT molecular complexity index is 668. The minimum atomic E-state index is -0.405. The Balaban J connectivity index is 2.26. The highest BCUT2D eigenvalue weighted by atomic mass is 35.5. The van der Waals surface area contributed by atoms with Gasteiger partial charge in [0.1, 0.15) is 17.9 Å². The first-order valence-corrected chi connectivity index (χ1v) is 7.42. The van der Waals surface area contributed by atoms with Crippen LogP contribution in [0.25, 0.3) is 0 Å². The van der Waals surface area contributed by atoms with Crippen molar-refractivity contribution in [1.29, 1.82) is 5.26 Å². The first-order chi connectivity index (χ1) is 10.5. The van der Waals surface area contributed by atoms with Crippen molar-refractivity contribution in [2.24, 2.45) is 10.8 Å². The molecule has 2 rings (SSSR count). The van der Waals surface area contributed by atoms with E-state index in [0.29, 0.717) is 5.75 Å². The quantitative estimate of drug-likeness (QED) is 0.928. The maximum absolute atomic E-state index is 11.6. The summed E-state index contributed by atoms with van der Waals surface area (Å²) in [6.45, 7) is 9.26. The number of nitrogens with one attached hydrogen (secondary N) is 1. The van der Waals surface area contributed by atoms with Crippen molar-refractivity contribution in [3.05, 3.63) is 23.0 Å². The fourth-order valence-corrected chi connectivity index (χ4v) is 3.83. The number of carbonyl (C=O) groups excluding carboxylic acids is 1. The van der Waals surface area contributed by atoms with Crippen LogP contribution >= 0.6 is 11.6 Å². The third kappa shape index (κ3) is 2.64. The van der Waals surface area contributed by atoms with Crippen LogP contribution in [0.3, 0.4) is 0 Å². The second kappa shape index (κ2) is 5.44. The van der Waals surface area contributed by atoms with Crippen LogP contribution in [0.1, 0.15) is 40.3 Å². The van der Waals surface area contributed by atoms with Crippen molar-refractivity contribution < 1.29 is 10.9 Å².